The summed E-state index contributed by atoms with van der Waals surface area (Å²) >= 11 is 0. The zero-order valence-electron chi connectivity index (χ0n) is 39.9. The molecule has 364 valence electrons. The Bertz CT molecular complexity index is 2340. The molecule has 6 aromatic rings. The zero-order chi connectivity index (χ0) is 48.1. The van der Waals surface area contributed by atoms with Crippen LogP contribution in [-0.4, -0.2) is 100 Å². The summed E-state index contributed by atoms with van der Waals surface area (Å²) < 4.78 is 62.0. The molecule has 0 saturated carbocycles. The highest BCUT2D eigenvalue weighted by Gasteiger charge is 2.56. The summed E-state index contributed by atoms with van der Waals surface area (Å²) in [4.78, 5) is 0. The molecule has 2 saturated heterocycles. The van der Waals surface area contributed by atoms with Crippen molar-refractivity contribution in [2.24, 2.45) is 0 Å². The van der Waals surface area contributed by atoms with E-state index in [1.54, 1.807) is 7.11 Å². The van der Waals surface area contributed by atoms with Gasteiger partial charge in [0.15, 0.2) is 12.6 Å². The standard InChI is InChI=1S/C57H66O11Si/c1-57(2,3)69(45-31-19-9-20-32-45,46-33-21-10-22-34-46)65-40-48-50(52(62-37-42-25-13-6-14-26-42)54(55(60-4)67-48)64-39-44-29-17-8-18-30-44)68-56-53(63-38-43-27-15-7-16-28-43)51(49(59)47(35-58)66-56)61-36-41-23-11-5-12-24-41/h5-34,47-56,58-59H,35-40H2,1-4H3/t47-,48-,49-,50-,51+,52+,53-,54-,55+,56-/m1/s1. The van der Waals surface area contributed by atoms with Crippen LogP contribution in [0.4, 0.5) is 0 Å². The summed E-state index contributed by atoms with van der Waals surface area (Å²) in [7, 11) is -1.55. The number of hydrogen-bond acceptors (Lipinski definition) is 11. The highest BCUT2D eigenvalue weighted by molar-refractivity contribution is 6.99. The first-order valence-electron chi connectivity index (χ1n) is 23.8. The number of aliphatic hydroxyl groups excluding tert-OH is 2. The van der Waals surface area contributed by atoms with Gasteiger partial charge in [-0.3, -0.25) is 0 Å². The molecule has 0 spiro atoms. The Hall–Kier alpha value is -4.90. The van der Waals surface area contributed by atoms with Gasteiger partial charge in [0.25, 0.3) is 8.32 Å². The molecule has 2 N–H and O–H groups in total. The maximum Gasteiger partial charge on any atom is 0.261 e. The number of hydrogen-bond donors (Lipinski definition) is 2. The van der Waals surface area contributed by atoms with Crippen LogP contribution in [-0.2, 0) is 68.7 Å². The van der Waals surface area contributed by atoms with Gasteiger partial charge in [0.1, 0.15) is 48.8 Å². The van der Waals surface area contributed by atoms with Crippen LogP contribution < -0.4 is 10.4 Å². The quantitative estimate of drug-likeness (QED) is 0.0690. The van der Waals surface area contributed by atoms with Gasteiger partial charge in [0.2, 0.25) is 0 Å². The van der Waals surface area contributed by atoms with Crippen LogP contribution >= 0.6 is 0 Å². The van der Waals surface area contributed by atoms with Crippen LogP contribution in [0.25, 0.3) is 0 Å². The summed E-state index contributed by atoms with van der Waals surface area (Å²) in [5.74, 6) is 0. The second-order valence-corrected chi connectivity index (χ2v) is 22.9. The minimum absolute atomic E-state index is 0.0522. The Labute approximate surface area is 407 Å². The van der Waals surface area contributed by atoms with Crippen LogP contribution in [0.5, 0.6) is 0 Å². The molecule has 0 radical (unpaired) electrons. The molecule has 69 heavy (non-hydrogen) atoms. The van der Waals surface area contributed by atoms with Gasteiger partial charge in [-0.15, -0.1) is 0 Å². The van der Waals surface area contributed by atoms with Gasteiger partial charge in [0, 0.05) is 7.11 Å². The van der Waals surface area contributed by atoms with Gasteiger partial charge in [-0.25, -0.2) is 0 Å². The Morgan fingerprint density at radius 2 is 0.826 bits per heavy atom. The van der Waals surface area contributed by atoms with Crippen molar-refractivity contribution in [2.45, 2.75) is 114 Å². The highest BCUT2D eigenvalue weighted by atomic mass is 28.4. The fourth-order valence-corrected chi connectivity index (χ4v) is 14.0. The summed E-state index contributed by atoms with van der Waals surface area (Å²) in [5.41, 5.74) is 3.69. The molecule has 2 aliphatic heterocycles. The molecule has 2 aliphatic rings. The highest BCUT2D eigenvalue weighted by Crippen LogP contribution is 2.40. The lowest BCUT2D eigenvalue weighted by atomic mass is 9.96. The van der Waals surface area contributed by atoms with Gasteiger partial charge < -0.3 is 52.5 Å². The van der Waals surface area contributed by atoms with Crippen LogP contribution in [0.1, 0.15) is 43.0 Å². The van der Waals surface area contributed by atoms with Gasteiger partial charge in [-0.1, -0.05) is 203 Å². The van der Waals surface area contributed by atoms with E-state index in [9.17, 15) is 10.2 Å². The number of methoxy groups -OCH3 is 1. The Morgan fingerprint density at radius 1 is 0.464 bits per heavy atom. The molecule has 0 bridgehead atoms. The van der Waals surface area contributed by atoms with Crippen LogP contribution in [0.3, 0.4) is 0 Å². The van der Waals surface area contributed by atoms with Gasteiger partial charge in [-0.05, 0) is 37.7 Å². The zero-order valence-corrected chi connectivity index (χ0v) is 40.9. The smallest absolute Gasteiger partial charge is 0.261 e. The van der Waals surface area contributed by atoms with Gasteiger partial charge in [0.05, 0.1) is 39.6 Å². The van der Waals surface area contributed by atoms with E-state index in [0.717, 1.165) is 32.6 Å². The molecule has 6 aromatic carbocycles. The molecular formula is C57H66O11Si. The van der Waals surface area contributed by atoms with E-state index in [1.807, 2.05) is 133 Å². The number of benzene rings is 6. The van der Waals surface area contributed by atoms with Crippen LogP contribution in [0, 0.1) is 0 Å². The van der Waals surface area contributed by atoms with E-state index in [0.29, 0.717) is 0 Å². The van der Waals surface area contributed by atoms with Crippen molar-refractivity contribution in [1.29, 1.82) is 0 Å². The monoisotopic (exact) mass is 954 g/mol. The SMILES string of the molecule is CO[C@H]1O[C@H](CO[Si](c2ccccc2)(c2ccccc2)C(C)(C)C)[C@@H](O[C@H]2O[C@H](CO)[C@@H](O)[C@H](OCc3ccccc3)[C@H]2OCc2ccccc2)[C@H](OCc2ccccc2)[C@H]1OCc1ccccc1. The van der Waals surface area contributed by atoms with Crippen molar-refractivity contribution in [2.75, 3.05) is 20.3 Å². The molecule has 2 fully saturated rings. The second kappa shape index (κ2) is 24.3. The third-order valence-corrected chi connectivity index (χ3v) is 17.9. The predicted molar refractivity (Wildman–Crippen MR) is 266 cm³/mol. The van der Waals surface area contributed by atoms with Crippen molar-refractivity contribution < 1.29 is 52.5 Å². The fourth-order valence-electron chi connectivity index (χ4n) is 9.44. The second-order valence-electron chi connectivity index (χ2n) is 18.6. The van der Waals surface area contributed by atoms with E-state index in [1.165, 1.54) is 0 Å². The Morgan fingerprint density at radius 3 is 1.22 bits per heavy atom. The number of ether oxygens (including phenoxy) is 8. The molecule has 8 rings (SSSR count). The molecule has 10 atom stereocenters. The third-order valence-electron chi connectivity index (χ3n) is 12.9. The largest absolute Gasteiger partial charge is 0.405 e. The van der Waals surface area contributed by atoms with Crippen molar-refractivity contribution >= 4 is 18.7 Å². The van der Waals surface area contributed by atoms with Crippen LogP contribution in [0.2, 0.25) is 5.04 Å². The predicted octanol–water partition coefficient (Wildman–Crippen LogP) is 7.74. The normalized spacial score (nSPS) is 25.3. The number of rotatable bonds is 21. The lowest BCUT2D eigenvalue weighted by molar-refractivity contribution is -0.372. The molecular weight excluding hydrogens is 889 g/mol. The summed E-state index contributed by atoms with van der Waals surface area (Å²) in [6.07, 6.45) is -10.0. The summed E-state index contributed by atoms with van der Waals surface area (Å²) in [6.45, 7) is 6.97. The van der Waals surface area contributed by atoms with Crippen LogP contribution in [0.15, 0.2) is 182 Å². The topological polar surface area (TPSA) is 124 Å². The van der Waals surface area contributed by atoms with Gasteiger partial charge >= 0.3 is 0 Å². The fraction of sp³-hybridized carbons (Fsp3) is 0.368. The van der Waals surface area contributed by atoms with E-state index >= 15 is 0 Å². The van der Waals surface area contributed by atoms with E-state index in [2.05, 4.69) is 69.3 Å². The van der Waals surface area contributed by atoms with Crippen molar-refractivity contribution in [3.63, 3.8) is 0 Å². The number of aliphatic hydroxyl groups is 2. The Kier molecular flexibility index (Phi) is 17.8. The third kappa shape index (κ3) is 12.4. The molecule has 0 unspecified atom stereocenters. The maximum absolute atomic E-state index is 11.9. The first-order chi connectivity index (χ1) is 33.7. The summed E-state index contributed by atoms with van der Waals surface area (Å²) in [6, 6.07) is 60.1. The van der Waals surface area contributed by atoms with E-state index in [-0.39, 0.29) is 38.1 Å². The average molecular weight is 955 g/mol. The first-order valence-corrected chi connectivity index (χ1v) is 25.7. The molecule has 0 amide bonds. The lowest BCUT2D eigenvalue weighted by Crippen LogP contribution is -2.69. The minimum Gasteiger partial charge on any atom is -0.405 e. The molecule has 2 heterocycles. The van der Waals surface area contributed by atoms with Crippen molar-refractivity contribution in [3.8, 4) is 0 Å². The molecule has 12 heteroatoms. The van der Waals surface area contributed by atoms with E-state index in [4.69, 9.17) is 42.3 Å². The van der Waals surface area contributed by atoms with Crippen molar-refractivity contribution in [3.05, 3.63) is 204 Å². The van der Waals surface area contributed by atoms with Gasteiger partial charge in [-0.2, -0.15) is 0 Å². The maximum atomic E-state index is 11.9. The molecule has 0 aliphatic carbocycles. The average Bonchev–Trinajstić information content (AvgIpc) is 3.39. The van der Waals surface area contributed by atoms with E-state index < -0.39 is 76.3 Å². The molecule has 0 aromatic heterocycles. The van der Waals surface area contributed by atoms with Crippen molar-refractivity contribution in [1.82, 2.24) is 0 Å². The minimum atomic E-state index is -3.15. The Balaban J connectivity index is 1.22. The lowest BCUT2D eigenvalue weighted by Gasteiger charge is -2.50. The summed E-state index contributed by atoms with van der Waals surface area (Å²) in [5, 5.41) is 24.6. The molecule has 11 nitrogen and oxygen atoms in total. The first kappa shape index (κ1) is 50.5.